The molecule has 0 unspecified atom stereocenters. The van der Waals surface area contributed by atoms with Crippen molar-refractivity contribution >= 4 is 48.6 Å². The third-order valence-electron chi connectivity index (χ3n) is 12.0. The van der Waals surface area contributed by atoms with Crippen molar-refractivity contribution in [3.63, 3.8) is 0 Å². The van der Waals surface area contributed by atoms with Crippen molar-refractivity contribution in [2.24, 2.45) is 11.3 Å². The molecule has 0 bridgehead atoms. The summed E-state index contributed by atoms with van der Waals surface area (Å²) in [5.41, 5.74) is -0.236. The fourth-order valence-electron chi connectivity index (χ4n) is 7.76. The van der Waals surface area contributed by atoms with Crippen LogP contribution in [0, 0.1) is 11.3 Å². The van der Waals surface area contributed by atoms with E-state index in [1.807, 2.05) is 4.31 Å². The van der Waals surface area contributed by atoms with Crippen LogP contribution in [-0.4, -0.2) is 48.0 Å². The zero-order chi connectivity index (χ0) is 36.2. The summed E-state index contributed by atoms with van der Waals surface area (Å²) >= 11 is 6.24. The van der Waals surface area contributed by atoms with E-state index in [0.717, 1.165) is 37.9 Å². The van der Waals surface area contributed by atoms with Gasteiger partial charge in [-0.1, -0.05) is 114 Å². The molecule has 6 rings (SSSR count). The van der Waals surface area contributed by atoms with Crippen molar-refractivity contribution < 1.29 is 17.3 Å². The molecule has 5 nitrogen and oxygen atoms in total. The fraction of sp³-hybridized carbons (Fsp3) is 0.512. The standard InChI is InChI=1S/C41H56ClNO4SSi2/c1-39(2,3)49(7,8)47-33-29-37(31-19-20-31)43(48(44,45)34-23-21-32(42)22-24-34)38(30-33)41(25-26-41)27-28-46-50(40(4,5)6,35-15-11-9-12-16-35)36-17-13-10-14-18-36/h9-18,21-24,30-31,37-38H,19-20,25-29H2,1-8H3/t37-,38+/m0/s1. The number of nitrogens with zero attached hydrogens (tertiary/aromatic N) is 1. The van der Waals surface area contributed by atoms with E-state index in [4.69, 9.17) is 20.5 Å². The van der Waals surface area contributed by atoms with Crippen LogP contribution in [0.3, 0.4) is 0 Å². The molecule has 50 heavy (non-hydrogen) atoms. The van der Waals surface area contributed by atoms with Crippen molar-refractivity contribution in [3.8, 4) is 0 Å². The second-order valence-electron chi connectivity index (χ2n) is 17.5. The topological polar surface area (TPSA) is 55.8 Å². The summed E-state index contributed by atoms with van der Waals surface area (Å²) < 4.78 is 46.0. The van der Waals surface area contributed by atoms with Crippen LogP contribution >= 0.6 is 11.6 Å². The molecule has 1 aliphatic heterocycles. The number of hydrogen-bond acceptors (Lipinski definition) is 4. The Bertz CT molecular complexity index is 1740. The van der Waals surface area contributed by atoms with Gasteiger partial charge in [-0.3, -0.25) is 0 Å². The van der Waals surface area contributed by atoms with Crippen LogP contribution in [0.4, 0.5) is 0 Å². The molecule has 270 valence electrons. The van der Waals surface area contributed by atoms with E-state index in [1.54, 1.807) is 24.3 Å². The van der Waals surface area contributed by atoms with Gasteiger partial charge in [0.05, 0.1) is 16.7 Å². The van der Waals surface area contributed by atoms with Gasteiger partial charge in [-0.2, -0.15) is 4.31 Å². The molecule has 0 amide bonds. The van der Waals surface area contributed by atoms with Crippen LogP contribution in [-0.2, 0) is 18.9 Å². The van der Waals surface area contributed by atoms with Crippen LogP contribution in [0.25, 0.3) is 0 Å². The third kappa shape index (κ3) is 7.22. The lowest BCUT2D eigenvalue weighted by atomic mass is 9.87. The summed E-state index contributed by atoms with van der Waals surface area (Å²) in [6.45, 7) is 18.8. The minimum Gasteiger partial charge on any atom is -0.547 e. The van der Waals surface area contributed by atoms with Crippen molar-refractivity contribution in [2.45, 2.75) is 120 Å². The molecule has 2 saturated carbocycles. The molecule has 2 fully saturated rings. The zero-order valence-electron chi connectivity index (χ0n) is 31.2. The SMILES string of the molecule is CC(C)(C)[Si](C)(C)OC1=C[C@H](C2(CCO[Si](c3ccccc3)(c3ccccc3)C(C)(C)C)CC2)N(S(=O)(=O)c2ccc(Cl)cc2)[C@H](C2CC2)C1. The lowest BCUT2D eigenvalue weighted by molar-refractivity contribution is 0.137. The Morgan fingerprint density at radius 2 is 1.36 bits per heavy atom. The monoisotopic (exact) mass is 749 g/mol. The Hall–Kier alpha value is -2.21. The highest BCUT2D eigenvalue weighted by molar-refractivity contribution is 7.89. The minimum absolute atomic E-state index is 0.0336. The number of hydrogen-bond donors (Lipinski definition) is 0. The molecule has 0 saturated heterocycles. The molecule has 0 N–H and O–H groups in total. The van der Waals surface area contributed by atoms with Crippen LogP contribution in [0.2, 0.25) is 28.2 Å². The second kappa shape index (κ2) is 13.6. The lowest BCUT2D eigenvalue weighted by Crippen LogP contribution is -2.66. The van der Waals surface area contributed by atoms with Crippen LogP contribution in [0.1, 0.15) is 80.1 Å². The van der Waals surface area contributed by atoms with E-state index >= 15 is 0 Å². The first-order chi connectivity index (χ1) is 23.4. The van der Waals surface area contributed by atoms with Gasteiger partial charge in [-0.15, -0.1) is 0 Å². The summed E-state index contributed by atoms with van der Waals surface area (Å²) in [6.07, 6.45) is 7.60. The van der Waals surface area contributed by atoms with Crippen molar-refractivity contribution in [1.29, 1.82) is 0 Å². The van der Waals surface area contributed by atoms with Crippen molar-refractivity contribution in [3.05, 3.63) is 102 Å². The average Bonchev–Trinajstić information content (AvgIpc) is 3.99. The first kappa shape index (κ1) is 37.5. The van der Waals surface area contributed by atoms with Gasteiger partial charge in [-0.25, -0.2) is 8.42 Å². The van der Waals surface area contributed by atoms with E-state index in [1.165, 1.54) is 10.4 Å². The maximum absolute atomic E-state index is 14.8. The molecule has 2 atom stereocenters. The molecule has 0 spiro atoms. The van der Waals surface area contributed by atoms with Crippen molar-refractivity contribution in [2.75, 3.05) is 6.61 Å². The molecule has 3 aromatic rings. The Balaban J connectivity index is 1.40. The Morgan fingerprint density at radius 3 is 1.82 bits per heavy atom. The van der Waals surface area contributed by atoms with Gasteiger partial charge in [-0.05, 0) is 107 Å². The van der Waals surface area contributed by atoms with E-state index in [-0.39, 0.29) is 27.6 Å². The first-order valence-corrected chi connectivity index (χ1v) is 25.0. The van der Waals surface area contributed by atoms with Gasteiger partial charge in [0.1, 0.15) is 0 Å². The largest absolute Gasteiger partial charge is 0.547 e. The molecular formula is C41H56ClNO4SSi2. The molecule has 0 radical (unpaired) electrons. The number of sulfonamides is 1. The molecule has 9 heteroatoms. The highest BCUT2D eigenvalue weighted by atomic mass is 35.5. The summed E-state index contributed by atoms with van der Waals surface area (Å²) in [6, 6.07) is 27.8. The highest BCUT2D eigenvalue weighted by Gasteiger charge is 2.59. The van der Waals surface area contributed by atoms with E-state index in [0.29, 0.717) is 28.9 Å². The molecule has 2 aliphatic carbocycles. The van der Waals surface area contributed by atoms with Gasteiger partial charge in [0.15, 0.2) is 0 Å². The minimum atomic E-state index is -3.83. The average molecular weight is 751 g/mol. The zero-order valence-corrected chi connectivity index (χ0v) is 34.8. The number of halogens is 1. The summed E-state index contributed by atoms with van der Waals surface area (Å²) in [5.74, 6) is 1.32. The molecule has 1 heterocycles. The summed E-state index contributed by atoms with van der Waals surface area (Å²) in [7, 11) is -8.74. The van der Waals surface area contributed by atoms with E-state index < -0.39 is 26.7 Å². The quantitative estimate of drug-likeness (QED) is 0.173. The molecule has 0 aromatic heterocycles. The van der Waals surface area contributed by atoms with E-state index in [9.17, 15) is 8.42 Å². The maximum Gasteiger partial charge on any atom is 0.261 e. The Kier molecular flexibility index (Phi) is 10.2. The van der Waals surface area contributed by atoms with Gasteiger partial charge in [0, 0.05) is 24.1 Å². The number of benzene rings is 3. The van der Waals surface area contributed by atoms with Gasteiger partial charge < -0.3 is 8.85 Å². The summed E-state index contributed by atoms with van der Waals surface area (Å²) in [4.78, 5) is 0.305. The molecule has 3 aliphatic rings. The molecular weight excluding hydrogens is 694 g/mol. The number of rotatable bonds is 12. The summed E-state index contributed by atoms with van der Waals surface area (Å²) in [5, 5.41) is 2.94. The van der Waals surface area contributed by atoms with Gasteiger partial charge in [0.25, 0.3) is 8.32 Å². The third-order valence-corrected chi connectivity index (χ3v) is 23.6. The van der Waals surface area contributed by atoms with Gasteiger partial charge in [0.2, 0.25) is 18.3 Å². The predicted molar refractivity (Wildman–Crippen MR) is 212 cm³/mol. The van der Waals surface area contributed by atoms with Crippen molar-refractivity contribution in [1.82, 2.24) is 4.31 Å². The maximum atomic E-state index is 14.8. The Morgan fingerprint density at radius 1 is 0.820 bits per heavy atom. The predicted octanol–water partition coefficient (Wildman–Crippen LogP) is 9.53. The first-order valence-electron chi connectivity index (χ1n) is 18.4. The van der Waals surface area contributed by atoms with Crippen LogP contribution < -0.4 is 10.4 Å². The smallest absolute Gasteiger partial charge is 0.261 e. The fourth-order valence-corrected chi connectivity index (χ4v) is 15.5. The molecule has 3 aromatic carbocycles. The van der Waals surface area contributed by atoms with Crippen LogP contribution in [0.5, 0.6) is 0 Å². The van der Waals surface area contributed by atoms with Gasteiger partial charge >= 0.3 is 0 Å². The normalized spacial score (nSPS) is 21.8. The second-order valence-corrected chi connectivity index (χ2v) is 28.8. The lowest BCUT2D eigenvalue weighted by Gasteiger charge is -2.46. The Labute approximate surface area is 308 Å². The van der Waals surface area contributed by atoms with Crippen LogP contribution in [0.15, 0.2) is 102 Å². The van der Waals surface area contributed by atoms with E-state index in [2.05, 4.69) is 121 Å². The highest BCUT2D eigenvalue weighted by Crippen LogP contribution is 2.58.